The third-order valence-corrected chi connectivity index (χ3v) is 4.22. The van der Waals surface area contributed by atoms with Crippen LogP contribution in [0.5, 0.6) is 0 Å². The molecular weight excluding hydrogens is 309 g/mol. The molecule has 24 heavy (non-hydrogen) atoms. The lowest BCUT2D eigenvalue weighted by Gasteiger charge is -2.33. The Morgan fingerprint density at radius 1 is 1.29 bits per heavy atom. The van der Waals surface area contributed by atoms with E-state index < -0.39 is 0 Å². The molecule has 0 saturated carbocycles. The van der Waals surface area contributed by atoms with Crippen LogP contribution in [-0.4, -0.2) is 42.5 Å². The van der Waals surface area contributed by atoms with Crippen LogP contribution in [0.3, 0.4) is 0 Å². The minimum atomic E-state index is -0.264. The Morgan fingerprint density at radius 2 is 2.00 bits per heavy atom. The summed E-state index contributed by atoms with van der Waals surface area (Å²) in [6.45, 7) is 5.63. The van der Waals surface area contributed by atoms with Gasteiger partial charge in [0.15, 0.2) is 0 Å². The van der Waals surface area contributed by atoms with Gasteiger partial charge in [-0.15, -0.1) is 0 Å². The lowest BCUT2D eigenvalue weighted by atomic mass is 10.0. The molecule has 0 radical (unpaired) electrons. The van der Waals surface area contributed by atoms with Crippen LogP contribution in [0.1, 0.15) is 32.3 Å². The number of benzene rings is 1. The van der Waals surface area contributed by atoms with Crippen LogP contribution in [0, 0.1) is 11.7 Å². The van der Waals surface area contributed by atoms with E-state index in [-0.39, 0.29) is 29.7 Å². The van der Waals surface area contributed by atoms with Gasteiger partial charge in [0.05, 0.1) is 0 Å². The van der Waals surface area contributed by atoms with Gasteiger partial charge in [0.1, 0.15) is 5.82 Å². The number of urea groups is 1. The standard InChI is InChI=1S/C18H26FN3O2/c1-13(2)17(23)22-10-7-16(8-11-22)21-18(24)20-9-6-14-4-3-5-15(19)12-14/h3-5,12-13,16H,6-11H2,1-2H3,(H2,20,21,24). The van der Waals surface area contributed by atoms with Gasteiger partial charge >= 0.3 is 6.03 Å². The molecular formula is C18H26FN3O2. The predicted octanol–water partition coefficient (Wildman–Crippen LogP) is 2.31. The second-order valence-corrected chi connectivity index (χ2v) is 6.53. The summed E-state index contributed by atoms with van der Waals surface area (Å²) in [5, 5.41) is 5.74. The molecule has 0 bridgehead atoms. The summed E-state index contributed by atoms with van der Waals surface area (Å²) in [5.41, 5.74) is 0.857. The van der Waals surface area contributed by atoms with Gasteiger partial charge in [0.2, 0.25) is 5.91 Å². The fraction of sp³-hybridized carbons (Fsp3) is 0.556. The van der Waals surface area contributed by atoms with Crippen LogP contribution in [0.25, 0.3) is 0 Å². The summed E-state index contributed by atoms with van der Waals surface area (Å²) < 4.78 is 13.1. The minimum absolute atomic E-state index is 0.0145. The molecule has 6 heteroatoms. The van der Waals surface area contributed by atoms with Crippen molar-refractivity contribution in [3.63, 3.8) is 0 Å². The molecule has 1 aliphatic rings. The third-order valence-electron chi connectivity index (χ3n) is 4.22. The van der Waals surface area contributed by atoms with Crippen molar-refractivity contribution in [3.8, 4) is 0 Å². The third kappa shape index (κ3) is 5.51. The number of carbonyl (C=O) groups is 2. The van der Waals surface area contributed by atoms with Crippen LogP contribution in [0.15, 0.2) is 24.3 Å². The molecule has 0 spiro atoms. The largest absolute Gasteiger partial charge is 0.342 e. The van der Waals surface area contributed by atoms with Crippen molar-refractivity contribution < 1.29 is 14.0 Å². The Hall–Kier alpha value is -2.11. The van der Waals surface area contributed by atoms with E-state index in [1.807, 2.05) is 24.8 Å². The molecule has 1 fully saturated rings. The van der Waals surface area contributed by atoms with Crippen molar-refractivity contribution in [3.05, 3.63) is 35.6 Å². The zero-order valence-corrected chi connectivity index (χ0v) is 14.3. The highest BCUT2D eigenvalue weighted by Gasteiger charge is 2.24. The predicted molar refractivity (Wildman–Crippen MR) is 91.1 cm³/mol. The molecule has 3 amide bonds. The fourth-order valence-electron chi connectivity index (χ4n) is 2.86. The summed E-state index contributed by atoms with van der Waals surface area (Å²) in [5.74, 6) is -0.0757. The summed E-state index contributed by atoms with van der Waals surface area (Å²) >= 11 is 0. The number of nitrogens with zero attached hydrogens (tertiary/aromatic N) is 1. The van der Waals surface area contributed by atoms with E-state index >= 15 is 0 Å². The Morgan fingerprint density at radius 3 is 2.62 bits per heavy atom. The van der Waals surface area contributed by atoms with Crippen molar-refractivity contribution in [2.45, 2.75) is 39.2 Å². The number of piperidine rings is 1. The molecule has 1 saturated heterocycles. The van der Waals surface area contributed by atoms with Crippen LogP contribution < -0.4 is 10.6 Å². The maximum absolute atomic E-state index is 13.1. The molecule has 0 atom stereocenters. The van der Waals surface area contributed by atoms with E-state index in [9.17, 15) is 14.0 Å². The fourth-order valence-corrected chi connectivity index (χ4v) is 2.86. The van der Waals surface area contributed by atoms with E-state index in [4.69, 9.17) is 0 Å². The number of likely N-dealkylation sites (tertiary alicyclic amines) is 1. The van der Waals surface area contributed by atoms with Gasteiger partial charge in [-0.3, -0.25) is 4.79 Å². The second kappa shape index (κ2) is 8.66. The Bertz CT molecular complexity index is 569. The van der Waals surface area contributed by atoms with Crippen molar-refractivity contribution in [2.75, 3.05) is 19.6 Å². The first-order chi connectivity index (χ1) is 11.5. The van der Waals surface area contributed by atoms with Gasteiger partial charge < -0.3 is 15.5 Å². The van der Waals surface area contributed by atoms with Crippen molar-refractivity contribution >= 4 is 11.9 Å². The molecule has 2 rings (SSSR count). The molecule has 1 aromatic rings. The minimum Gasteiger partial charge on any atom is -0.342 e. The van der Waals surface area contributed by atoms with Crippen LogP contribution in [0.2, 0.25) is 0 Å². The number of hydrogen-bond donors (Lipinski definition) is 2. The van der Waals surface area contributed by atoms with Crippen molar-refractivity contribution in [2.24, 2.45) is 5.92 Å². The summed E-state index contributed by atoms with van der Waals surface area (Å²) in [4.78, 5) is 25.7. The number of halogens is 1. The van der Waals surface area contributed by atoms with Gasteiger partial charge in [-0.2, -0.15) is 0 Å². The average molecular weight is 335 g/mol. The maximum atomic E-state index is 13.1. The summed E-state index contributed by atoms with van der Waals surface area (Å²) in [7, 11) is 0. The normalized spacial score (nSPS) is 15.4. The summed E-state index contributed by atoms with van der Waals surface area (Å²) in [6, 6.07) is 6.26. The monoisotopic (exact) mass is 335 g/mol. The van der Waals surface area contributed by atoms with Gasteiger partial charge in [0, 0.05) is 31.6 Å². The lowest BCUT2D eigenvalue weighted by molar-refractivity contribution is -0.135. The molecule has 0 unspecified atom stereocenters. The van der Waals surface area contributed by atoms with Gasteiger partial charge in [-0.05, 0) is 37.0 Å². The molecule has 0 aliphatic carbocycles. The quantitative estimate of drug-likeness (QED) is 0.867. The van der Waals surface area contributed by atoms with E-state index in [1.54, 1.807) is 6.07 Å². The van der Waals surface area contributed by atoms with Crippen LogP contribution in [0.4, 0.5) is 9.18 Å². The first-order valence-electron chi connectivity index (χ1n) is 8.53. The molecule has 2 N–H and O–H groups in total. The van der Waals surface area contributed by atoms with Gasteiger partial charge in [0.25, 0.3) is 0 Å². The van der Waals surface area contributed by atoms with E-state index in [0.29, 0.717) is 26.1 Å². The Balaban J connectivity index is 1.66. The number of rotatable bonds is 5. The van der Waals surface area contributed by atoms with E-state index in [1.165, 1.54) is 12.1 Å². The SMILES string of the molecule is CC(C)C(=O)N1CCC(NC(=O)NCCc2cccc(F)c2)CC1. The zero-order chi connectivity index (χ0) is 17.5. The number of hydrogen-bond acceptors (Lipinski definition) is 2. The highest BCUT2D eigenvalue weighted by molar-refractivity contribution is 5.78. The second-order valence-electron chi connectivity index (χ2n) is 6.53. The van der Waals surface area contributed by atoms with E-state index in [0.717, 1.165) is 18.4 Å². The van der Waals surface area contributed by atoms with Crippen molar-refractivity contribution in [1.82, 2.24) is 15.5 Å². The Labute approximate surface area is 142 Å². The molecule has 5 nitrogen and oxygen atoms in total. The molecule has 1 aromatic carbocycles. The molecule has 1 heterocycles. The molecule has 0 aromatic heterocycles. The van der Waals surface area contributed by atoms with Crippen LogP contribution in [-0.2, 0) is 11.2 Å². The highest BCUT2D eigenvalue weighted by atomic mass is 19.1. The first kappa shape index (κ1) is 18.2. The van der Waals surface area contributed by atoms with Gasteiger partial charge in [-0.1, -0.05) is 26.0 Å². The number of nitrogens with one attached hydrogen (secondary N) is 2. The number of amides is 3. The van der Waals surface area contributed by atoms with Gasteiger partial charge in [-0.25, -0.2) is 9.18 Å². The smallest absolute Gasteiger partial charge is 0.315 e. The molecule has 132 valence electrons. The number of carbonyl (C=O) groups excluding carboxylic acids is 2. The Kier molecular flexibility index (Phi) is 6.58. The average Bonchev–Trinajstić information content (AvgIpc) is 2.55. The summed E-state index contributed by atoms with van der Waals surface area (Å²) in [6.07, 6.45) is 2.14. The molecule has 1 aliphatic heterocycles. The van der Waals surface area contributed by atoms with Crippen LogP contribution >= 0.6 is 0 Å². The lowest BCUT2D eigenvalue weighted by Crippen LogP contribution is -2.50. The first-order valence-corrected chi connectivity index (χ1v) is 8.53. The topological polar surface area (TPSA) is 61.4 Å². The highest BCUT2D eigenvalue weighted by Crippen LogP contribution is 2.13. The van der Waals surface area contributed by atoms with Crippen molar-refractivity contribution in [1.29, 1.82) is 0 Å². The van der Waals surface area contributed by atoms with E-state index in [2.05, 4.69) is 10.6 Å². The maximum Gasteiger partial charge on any atom is 0.315 e. The zero-order valence-electron chi connectivity index (χ0n) is 14.3.